The van der Waals surface area contributed by atoms with Gasteiger partial charge in [-0.25, -0.2) is 15.0 Å². The highest BCUT2D eigenvalue weighted by atomic mass is 32.2. The van der Waals surface area contributed by atoms with E-state index in [0.717, 1.165) is 11.8 Å². The zero-order chi connectivity index (χ0) is 14.0. The lowest BCUT2D eigenvalue weighted by Crippen LogP contribution is -2.00. The summed E-state index contributed by atoms with van der Waals surface area (Å²) in [5.74, 6) is 0.440. The molecule has 0 radical (unpaired) electrons. The summed E-state index contributed by atoms with van der Waals surface area (Å²) in [5, 5.41) is 11.2. The van der Waals surface area contributed by atoms with Crippen molar-refractivity contribution in [3.05, 3.63) is 28.3 Å². The van der Waals surface area contributed by atoms with E-state index in [0.29, 0.717) is 0 Å². The third-order valence-electron chi connectivity index (χ3n) is 1.96. The van der Waals surface area contributed by atoms with Crippen LogP contribution in [0.4, 0.5) is 23.1 Å². The summed E-state index contributed by atoms with van der Waals surface area (Å²) in [6.07, 6.45) is 0. The minimum absolute atomic E-state index is 0.0357. The highest BCUT2D eigenvalue weighted by Crippen LogP contribution is 2.28. The van der Waals surface area contributed by atoms with Crippen LogP contribution in [0.2, 0.25) is 0 Å². The highest BCUT2D eigenvalue weighted by Gasteiger charge is 2.12. The molecule has 0 fully saturated rings. The molecule has 0 amide bonds. The highest BCUT2D eigenvalue weighted by molar-refractivity contribution is 7.99. The number of nitrogens with two attached hydrogens (primary N) is 3. The molecular weight excluding hydrogens is 270 g/mol. The van der Waals surface area contributed by atoms with Crippen LogP contribution in [0.1, 0.15) is 0 Å². The largest absolute Gasteiger partial charge is 0.383 e. The van der Waals surface area contributed by atoms with Crippen molar-refractivity contribution in [3.8, 4) is 0 Å². The van der Waals surface area contributed by atoms with Gasteiger partial charge in [0.15, 0.2) is 5.16 Å². The fourth-order valence-corrected chi connectivity index (χ4v) is 2.09. The van der Waals surface area contributed by atoms with Crippen LogP contribution >= 0.6 is 11.8 Å². The molecule has 19 heavy (non-hydrogen) atoms. The Balaban J connectivity index is 2.35. The second-order valence-electron chi connectivity index (χ2n) is 3.45. The predicted molar refractivity (Wildman–Crippen MR) is 70.3 cm³/mol. The Morgan fingerprint density at radius 1 is 1.00 bits per heavy atom. The second kappa shape index (κ2) is 4.94. The molecule has 0 bridgehead atoms. The molecule has 0 saturated heterocycles. The molecule has 10 heteroatoms. The van der Waals surface area contributed by atoms with E-state index < -0.39 is 4.92 Å². The number of hydrogen-bond donors (Lipinski definition) is 3. The van der Waals surface area contributed by atoms with E-state index >= 15 is 0 Å². The van der Waals surface area contributed by atoms with Crippen LogP contribution in [0.5, 0.6) is 0 Å². The first kappa shape index (κ1) is 12.8. The average Bonchev–Trinajstić information content (AvgIpc) is 2.26. The number of hydrogen-bond acceptors (Lipinski definition) is 9. The zero-order valence-corrected chi connectivity index (χ0v) is 10.3. The van der Waals surface area contributed by atoms with E-state index in [4.69, 9.17) is 17.2 Å². The summed E-state index contributed by atoms with van der Waals surface area (Å²) < 4.78 is 0. The summed E-state index contributed by atoms with van der Waals surface area (Å²) in [6, 6.07) is 3.84. The van der Waals surface area contributed by atoms with Gasteiger partial charge in [-0.3, -0.25) is 10.1 Å². The van der Waals surface area contributed by atoms with Gasteiger partial charge in [-0.2, -0.15) is 0 Å². The lowest BCUT2D eigenvalue weighted by atomic mass is 10.4. The van der Waals surface area contributed by atoms with E-state index in [1.54, 1.807) is 0 Å². The monoisotopic (exact) mass is 279 g/mol. The van der Waals surface area contributed by atoms with Crippen molar-refractivity contribution in [1.82, 2.24) is 15.0 Å². The van der Waals surface area contributed by atoms with Gasteiger partial charge in [-0.05, 0) is 11.8 Å². The number of nitrogen functional groups attached to an aromatic ring is 3. The SMILES string of the molecule is Nc1cc([N+](=O)[O-])cc(Sc2nc(N)cc(N)n2)n1. The van der Waals surface area contributed by atoms with Crippen molar-refractivity contribution in [2.45, 2.75) is 10.2 Å². The molecule has 9 nitrogen and oxygen atoms in total. The molecule has 2 aromatic heterocycles. The van der Waals surface area contributed by atoms with Crippen molar-refractivity contribution >= 4 is 34.9 Å². The van der Waals surface area contributed by atoms with Crippen molar-refractivity contribution in [1.29, 1.82) is 0 Å². The Morgan fingerprint density at radius 3 is 2.16 bits per heavy atom. The molecular formula is C9H9N7O2S. The van der Waals surface area contributed by atoms with Crippen LogP contribution in [-0.4, -0.2) is 19.9 Å². The third kappa shape index (κ3) is 3.19. The van der Waals surface area contributed by atoms with Gasteiger partial charge in [-0.15, -0.1) is 0 Å². The Hall–Kier alpha value is -2.62. The molecule has 2 rings (SSSR count). The standard InChI is InChI=1S/C9H9N7O2S/c10-5-1-4(16(17)18)2-8(13-5)19-9-14-6(11)3-7(12)15-9/h1-3H,(H2,10,13)(H4,11,12,14,15). The second-order valence-corrected chi connectivity index (χ2v) is 4.44. The Morgan fingerprint density at radius 2 is 1.58 bits per heavy atom. The number of rotatable bonds is 3. The van der Waals surface area contributed by atoms with Crippen LogP contribution < -0.4 is 17.2 Å². The normalized spacial score (nSPS) is 10.3. The molecule has 0 aliphatic heterocycles. The molecule has 98 valence electrons. The Bertz CT molecular complexity index is 628. The number of anilines is 3. The van der Waals surface area contributed by atoms with Gasteiger partial charge in [0.1, 0.15) is 22.5 Å². The van der Waals surface area contributed by atoms with Gasteiger partial charge in [0, 0.05) is 12.1 Å². The van der Waals surface area contributed by atoms with E-state index in [1.807, 2.05) is 0 Å². The van der Waals surface area contributed by atoms with Crippen LogP contribution in [0.3, 0.4) is 0 Å². The van der Waals surface area contributed by atoms with Crippen LogP contribution in [0.25, 0.3) is 0 Å². The van der Waals surface area contributed by atoms with E-state index in [-0.39, 0.29) is 33.3 Å². The van der Waals surface area contributed by atoms with Gasteiger partial charge in [0.05, 0.1) is 11.0 Å². The van der Waals surface area contributed by atoms with E-state index in [9.17, 15) is 10.1 Å². The van der Waals surface area contributed by atoms with Gasteiger partial charge in [0.25, 0.3) is 5.69 Å². The zero-order valence-electron chi connectivity index (χ0n) is 9.48. The van der Waals surface area contributed by atoms with Crippen LogP contribution in [0, 0.1) is 10.1 Å². The van der Waals surface area contributed by atoms with Gasteiger partial charge in [-0.1, -0.05) is 0 Å². The molecule has 0 aliphatic rings. The lowest BCUT2D eigenvalue weighted by molar-refractivity contribution is -0.385. The molecule has 0 unspecified atom stereocenters. The van der Waals surface area contributed by atoms with Gasteiger partial charge >= 0.3 is 0 Å². The average molecular weight is 279 g/mol. The molecule has 2 heterocycles. The number of nitrogens with zero attached hydrogens (tertiary/aromatic N) is 4. The maximum Gasteiger partial charge on any atom is 0.275 e. The van der Waals surface area contributed by atoms with E-state index in [1.165, 1.54) is 18.2 Å². The first-order valence-electron chi connectivity index (χ1n) is 4.94. The van der Waals surface area contributed by atoms with Gasteiger partial charge < -0.3 is 17.2 Å². The summed E-state index contributed by atoms with van der Waals surface area (Å²) >= 11 is 0.984. The number of pyridine rings is 1. The number of aromatic nitrogens is 3. The minimum Gasteiger partial charge on any atom is -0.383 e. The Kier molecular flexibility index (Phi) is 3.33. The van der Waals surface area contributed by atoms with Crippen molar-refractivity contribution in [2.75, 3.05) is 17.2 Å². The van der Waals surface area contributed by atoms with Crippen LogP contribution in [-0.2, 0) is 0 Å². The maximum absolute atomic E-state index is 10.7. The molecule has 2 aromatic rings. The van der Waals surface area contributed by atoms with Crippen molar-refractivity contribution in [2.24, 2.45) is 0 Å². The molecule has 0 spiro atoms. The molecule has 0 aliphatic carbocycles. The summed E-state index contributed by atoms with van der Waals surface area (Å²) in [7, 11) is 0. The first-order valence-corrected chi connectivity index (χ1v) is 5.75. The maximum atomic E-state index is 10.7. The molecule has 0 saturated carbocycles. The molecule has 0 aromatic carbocycles. The van der Waals surface area contributed by atoms with E-state index in [2.05, 4.69) is 15.0 Å². The quantitative estimate of drug-likeness (QED) is 0.416. The summed E-state index contributed by atoms with van der Waals surface area (Å²) in [5.41, 5.74) is 16.4. The molecule has 0 atom stereocenters. The predicted octanol–water partition coefficient (Wildman–Crippen LogP) is 0.678. The molecule has 6 N–H and O–H groups in total. The van der Waals surface area contributed by atoms with Gasteiger partial charge in [0.2, 0.25) is 0 Å². The number of nitro groups is 1. The first-order chi connectivity index (χ1) is 8.94. The van der Waals surface area contributed by atoms with Crippen molar-refractivity contribution < 1.29 is 4.92 Å². The fourth-order valence-electron chi connectivity index (χ4n) is 1.27. The Labute approximate surface area is 111 Å². The van der Waals surface area contributed by atoms with Crippen LogP contribution in [0.15, 0.2) is 28.4 Å². The van der Waals surface area contributed by atoms with Crippen molar-refractivity contribution in [3.63, 3.8) is 0 Å². The fraction of sp³-hybridized carbons (Fsp3) is 0. The summed E-state index contributed by atoms with van der Waals surface area (Å²) in [4.78, 5) is 22.0. The lowest BCUT2D eigenvalue weighted by Gasteiger charge is -2.03. The smallest absolute Gasteiger partial charge is 0.275 e. The minimum atomic E-state index is -0.559. The third-order valence-corrected chi connectivity index (χ3v) is 2.74. The summed E-state index contributed by atoms with van der Waals surface area (Å²) in [6.45, 7) is 0. The topological polar surface area (TPSA) is 160 Å².